The first kappa shape index (κ1) is 10.9. The Labute approximate surface area is 81.7 Å². The summed E-state index contributed by atoms with van der Waals surface area (Å²) in [5, 5.41) is 0. The summed E-state index contributed by atoms with van der Waals surface area (Å²) in [6.45, 7) is 0.0274. The SMILES string of the molecule is NCc1ccc(OCCCF)c(F)c1. The van der Waals surface area contributed by atoms with Gasteiger partial charge >= 0.3 is 0 Å². The van der Waals surface area contributed by atoms with E-state index in [1.807, 2.05) is 0 Å². The van der Waals surface area contributed by atoms with Crippen LogP contribution >= 0.6 is 0 Å². The zero-order chi connectivity index (χ0) is 10.4. The molecule has 1 aromatic rings. The summed E-state index contributed by atoms with van der Waals surface area (Å²) >= 11 is 0. The van der Waals surface area contributed by atoms with Crippen LogP contribution in [0.2, 0.25) is 0 Å². The van der Waals surface area contributed by atoms with Crippen molar-refractivity contribution in [1.29, 1.82) is 0 Å². The van der Waals surface area contributed by atoms with Crippen LogP contribution in [0.4, 0.5) is 8.78 Å². The lowest BCUT2D eigenvalue weighted by molar-refractivity contribution is 0.277. The third-order valence-electron chi connectivity index (χ3n) is 1.77. The second kappa shape index (κ2) is 5.54. The second-order valence-corrected chi connectivity index (χ2v) is 2.86. The molecule has 0 aromatic heterocycles. The fourth-order valence-electron chi connectivity index (χ4n) is 1.03. The summed E-state index contributed by atoms with van der Waals surface area (Å²) in [5.74, 6) is -0.303. The molecule has 0 heterocycles. The molecule has 2 nitrogen and oxygen atoms in total. The fraction of sp³-hybridized carbons (Fsp3) is 0.400. The summed E-state index contributed by atoms with van der Waals surface area (Å²) in [6, 6.07) is 4.52. The second-order valence-electron chi connectivity index (χ2n) is 2.86. The fourth-order valence-corrected chi connectivity index (χ4v) is 1.03. The lowest BCUT2D eigenvalue weighted by Crippen LogP contribution is -2.02. The summed E-state index contributed by atoms with van der Waals surface area (Å²) in [5.41, 5.74) is 6.04. The number of alkyl halides is 1. The molecule has 14 heavy (non-hydrogen) atoms. The largest absolute Gasteiger partial charge is 0.490 e. The Morgan fingerprint density at radius 3 is 2.71 bits per heavy atom. The van der Waals surface area contributed by atoms with Crippen LogP contribution in [-0.2, 0) is 6.54 Å². The van der Waals surface area contributed by atoms with Gasteiger partial charge in [0.2, 0.25) is 0 Å². The average molecular weight is 201 g/mol. The van der Waals surface area contributed by atoms with Gasteiger partial charge in [-0.3, -0.25) is 4.39 Å². The minimum absolute atomic E-state index is 0.149. The first-order valence-electron chi connectivity index (χ1n) is 4.45. The molecule has 0 aliphatic rings. The average Bonchev–Trinajstić information content (AvgIpc) is 2.20. The maximum absolute atomic E-state index is 13.2. The Hall–Kier alpha value is -1.16. The predicted molar refractivity (Wildman–Crippen MR) is 50.4 cm³/mol. The Bertz CT molecular complexity index is 291. The smallest absolute Gasteiger partial charge is 0.165 e. The van der Waals surface area contributed by atoms with E-state index in [9.17, 15) is 8.78 Å². The van der Waals surface area contributed by atoms with Gasteiger partial charge in [-0.25, -0.2) is 4.39 Å². The van der Waals surface area contributed by atoms with E-state index < -0.39 is 12.5 Å². The van der Waals surface area contributed by atoms with Gasteiger partial charge in [-0.05, 0) is 17.7 Å². The van der Waals surface area contributed by atoms with Gasteiger partial charge in [0.05, 0.1) is 13.3 Å². The van der Waals surface area contributed by atoms with Gasteiger partial charge in [0.15, 0.2) is 11.6 Å². The molecule has 0 radical (unpaired) electrons. The van der Waals surface area contributed by atoms with Crippen molar-refractivity contribution in [2.75, 3.05) is 13.3 Å². The van der Waals surface area contributed by atoms with Gasteiger partial charge in [-0.15, -0.1) is 0 Å². The minimum atomic E-state index is -0.456. The third kappa shape index (κ3) is 2.96. The first-order valence-corrected chi connectivity index (χ1v) is 4.45. The van der Waals surface area contributed by atoms with Gasteiger partial charge in [-0.1, -0.05) is 6.07 Å². The van der Waals surface area contributed by atoms with Gasteiger partial charge in [-0.2, -0.15) is 0 Å². The molecule has 0 spiro atoms. The number of nitrogens with two attached hydrogens (primary N) is 1. The standard InChI is InChI=1S/C10H13F2NO/c11-4-1-5-14-10-3-2-8(7-13)6-9(10)12/h2-3,6H,1,4-5,7,13H2. The van der Waals surface area contributed by atoms with E-state index in [4.69, 9.17) is 10.5 Å². The summed E-state index contributed by atoms with van der Waals surface area (Å²) in [4.78, 5) is 0. The highest BCUT2D eigenvalue weighted by Crippen LogP contribution is 2.18. The zero-order valence-electron chi connectivity index (χ0n) is 7.80. The number of hydrogen-bond donors (Lipinski definition) is 1. The van der Waals surface area contributed by atoms with Crippen molar-refractivity contribution in [3.8, 4) is 5.75 Å². The normalized spacial score (nSPS) is 10.2. The molecule has 0 fully saturated rings. The Balaban J connectivity index is 2.59. The maximum atomic E-state index is 13.2. The molecule has 0 aliphatic carbocycles. The molecule has 0 saturated carbocycles. The van der Waals surface area contributed by atoms with Crippen molar-refractivity contribution in [2.24, 2.45) is 5.73 Å². The number of halogens is 2. The van der Waals surface area contributed by atoms with Crippen LogP contribution in [0.5, 0.6) is 5.75 Å². The van der Waals surface area contributed by atoms with Crippen molar-refractivity contribution < 1.29 is 13.5 Å². The molecule has 2 N–H and O–H groups in total. The zero-order valence-corrected chi connectivity index (χ0v) is 7.80. The maximum Gasteiger partial charge on any atom is 0.165 e. The minimum Gasteiger partial charge on any atom is -0.490 e. The van der Waals surface area contributed by atoms with Crippen molar-refractivity contribution in [1.82, 2.24) is 0 Å². The number of benzene rings is 1. The number of rotatable bonds is 5. The van der Waals surface area contributed by atoms with Crippen LogP contribution in [0.1, 0.15) is 12.0 Å². The van der Waals surface area contributed by atoms with Crippen LogP contribution in [0.15, 0.2) is 18.2 Å². The van der Waals surface area contributed by atoms with E-state index in [0.29, 0.717) is 12.1 Å². The highest BCUT2D eigenvalue weighted by atomic mass is 19.1. The first-order chi connectivity index (χ1) is 6.77. The predicted octanol–water partition coefficient (Wildman–Crippen LogP) is 2.02. The van der Waals surface area contributed by atoms with Gasteiger partial charge in [0.25, 0.3) is 0 Å². The van der Waals surface area contributed by atoms with Crippen molar-refractivity contribution in [3.05, 3.63) is 29.6 Å². The quantitative estimate of drug-likeness (QED) is 0.740. The van der Waals surface area contributed by atoms with Crippen LogP contribution in [0, 0.1) is 5.82 Å². The molecule has 0 aliphatic heterocycles. The molecule has 78 valence electrons. The molecule has 0 amide bonds. The molecular formula is C10H13F2NO. The molecule has 4 heteroatoms. The lowest BCUT2D eigenvalue weighted by atomic mass is 10.2. The third-order valence-corrected chi connectivity index (χ3v) is 1.77. The van der Waals surface area contributed by atoms with Gasteiger partial charge in [0, 0.05) is 13.0 Å². The summed E-state index contributed by atoms with van der Waals surface area (Å²) in [7, 11) is 0. The number of ether oxygens (including phenoxy) is 1. The molecule has 0 saturated heterocycles. The van der Waals surface area contributed by atoms with E-state index in [2.05, 4.69) is 0 Å². The van der Waals surface area contributed by atoms with Crippen molar-refractivity contribution in [3.63, 3.8) is 0 Å². The monoisotopic (exact) mass is 201 g/mol. The Morgan fingerprint density at radius 2 is 2.14 bits per heavy atom. The highest BCUT2D eigenvalue weighted by molar-refractivity contribution is 5.29. The molecular weight excluding hydrogens is 188 g/mol. The topological polar surface area (TPSA) is 35.2 Å². The van der Waals surface area contributed by atoms with Crippen LogP contribution in [-0.4, -0.2) is 13.3 Å². The van der Waals surface area contributed by atoms with Gasteiger partial charge < -0.3 is 10.5 Å². The van der Waals surface area contributed by atoms with E-state index in [1.54, 1.807) is 6.07 Å². The van der Waals surface area contributed by atoms with Crippen molar-refractivity contribution in [2.45, 2.75) is 13.0 Å². The van der Waals surface area contributed by atoms with Crippen LogP contribution < -0.4 is 10.5 Å². The highest BCUT2D eigenvalue weighted by Gasteiger charge is 2.03. The van der Waals surface area contributed by atoms with Crippen LogP contribution in [0.25, 0.3) is 0 Å². The lowest BCUT2D eigenvalue weighted by Gasteiger charge is -2.06. The van der Waals surface area contributed by atoms with E-state index in [0.717, 1.165) is 0 Å². The van der Waals surface area contributed by atoms with Crippen LogP contribution in [0.3, 0.4) is 0 Å². The summed E-state index contributed by atoms with van der Waals surface area (Å²) < 4.78 is 29.9. The Kier molecular flexibility index (Phi) is 4.32. The van der Waals surface area contributed by atoms with Crippen molar-refractivity contribution >= 4 is 0 Å². The molecule has 1 rings (SSSR count). The molecule has 0 bridgehead atoms. The van der Waals surface area contributed by atoms with E-state index >= 15 is 0 Å². The Morgan fingerprint density at radius 1 is 1.36 bits per heavy atom. The van der Waals surface area contributed by atoms with E-state index in [-0.39, 0.29) is 18.8 Å². The number of hydrogen-bond acceptors (Lipinski definition) is 2. The molecule has 0 atom stereocenters. The van der Waals surface area contributed by atoms with E-state index in [1.165, 1.54) is 12.1 Å². The summed E-state index contributed by atoms with van der Waals surface area (Å²) in [6.07, 6.45) is 0.276. The molecule has 1 aromatic carbocycles. The van der Waals surface area contributed by atoms with Gasteiger partial charge in [0.1, 0.15) is 0 Å². The molecule has 0 unspecified atom stereocenters.